The Morgan fingerprint density at radius 1 is 0.980 bits per heavy atom. The van der Waals surface area contributed by atoms with Gasteiger partial charge in [0.2, 0.25) is 5.91 Å². The molecule has 12 heteroatoms. The molecule has 50 heavy (non-hydrogen) atoms. The highest BCUT2D eigenvalue weighted by Crippen LogP contribution is 2.41. The van der Waals surface area contributed by atoms with Crippen molar-refractivity contribution in [1.29, 1.82) is 0 Å². The minimum atomic E-state index is -1.16. The van der Waals surface area contributed by atoms with Crippen LogP contribution in [-0.4, -0.2) is 79.1 Å². The van der Waals surface area contributed by atoms with E-state index in [0.29, 0.717) is 25.6 Å². The lowest BCUT2D eigenvalue weighted by Gasteiger charge is -2.33. The van der Waals surface area contributed by atoms with Gasteiger partial charge in [-0.05, 0) is 47.1 Å². The second-order valence-corrected chi connectivity index (χ2v) is 14.1. The van der Waals surface area contributed by atoms with Crippen molar-refractivity contribution in [2.24, 2.45) is 17.1 Å². The molecule has 12 nitrogen and oxygen atoms in total. The highest BCUT2D eigenvalue weighted by atomic mass is 16.7. The van der Waals surface area contributed by atoms with Crippen LogP contribution in [0.15, 0.2) is 72.9 Å². The van der Waals surface area contributed by atoms with E-state index < -0.39 is 47.8 Å². The Morgan fingerprint density at radius 3 is 2.32 bits per heavy atom. The molecule has 0 radical (unpaired) electrons. The van der Waals surface area contributed by atoms with E-state index in [9.17, 15) is 19.5 Å². The van der Waals surface area contributed by atoms with Crippen LogP contribution < -0.4 is 16.4 Å². The van der Waals surface area contributed by atoms with Crippen molar-refractivity contribution in [2.45, 2.75) is 83.0 Å². The van der Waals surface area contributed by atoms with Crippen LogP contribution in [0.1, 0.15) is 56.2 Å². The second kappa shape index (κ2) is 16.5. The molecule has 3 amide bonds. The molecule has 3 heterocycles. The fraction of sp³-hybridized carbons (Fsp3) is 0.474. The molecule has 7 atom stereocenters. The number of fused-ring (bicyclic) bond motifs is 1. The number of nitrogens with two attached hydrogens (primary N) is 1. The SMILES string of the molecule is COC(=O)N[C@H](C(=O)N[C@@H](Cc1ccc(-c2ccccn2)cc1)[C@@H](O)C[C@H](Cc1ccc([C@H]2CO[C@@H]3OCC[C@H]32)cc1)OC(N)=O)C(C)(C)C. The molecular formula is C38H48N4O8. The summed E-state index contributed by atoms with van der Waals surface area (Å²) < 4.78 is 21.8. The lowest BCUT2D eigenvalue weighted by atomic mass is 9.85. The summed E-state index contributed by atoms with van der Waals surface area (Å²) in [6.45, 7) is 6.76. The van der Waals surface area contributed by atoms with Crippen molar-refractivity contribution >= 4 is 18.1 Å². The Hall–Kier alpha value is -4.52. The zero-order valence-corrected chi connectivity index (χ0v) is 29.0. The highest BCUT2D eigenvalue weighted by molar-refractivity contribution is 5.86. The summed E-state index contributed by atoms with van der Waals surface area (Å²) in [5.41, 5.74) is 9.42. The number of carbonyl (C=O) groups is 3. The number of alkyl carbamates (subject to hydrolysis) is 1. The van der Waals surface area contributed by atoms with Crippen molar-refractivity contribution < 1.29 is 38.4 Å². The van der Waals surface area contributed by atoms with Gasteiger partial charge in [0.15, 0.2) is 6.29 Å². The second-order valence-electron chi connectivity index (χ2n) is 14.1. The molecule has 2 fully saturated rings. The number of nitrogens with zero attached hydrogens (tertiary/aromatic N) is 1. The molecule has 2 saturated heterocycles. The lowest BCUT2D eigenvalue weighted by Crippen LogP contribution is -2.57. The number of aromatic nitrogens is 1. The van der Waals surface area contributed by atoms with E-state index in [0.717, 1.165) is 34.4 Å². The highest BCUT2D eigenvalue weighted by Gasteiger charge is 2.42. The molecule has 268 valence electrons. The summed E-state index contributed by atoms with van der Waals surface area (Å²) >= 11 is 0. The first kappa shape index (κ1) is 36.8. The molecule has 0 unspecified atom stereocenters. The summed E-state index contributed by atoms with van der Waals surface area (Å²) in [6.07, 6.45) is -0.577. The van der Waals surface area contributed by atoms with E-state index >= 15 is 0 Å². The fourth-order valence-electron chi connectivity index (χ4n) is 6.74. The van der Waals surface area contributed by atoms with Gasteiger partial charge in [0.05, 0.1) is 38.2 Å². The first-order valence-corrected chi connectivity index (χ1v) is 17.0. The van der Waals surface area contributed by atoms with Crippen molar-refractivity contribution in [3.63, 3.8) is 0 Å². The Kier molecular flexibility index (Phi) is 12.1. The van der Waals surface area contributed by atoms with Crippen LogP contribution in [0.3, 0.4) is 0 Å². The van der Waals surface area contributed by atoms with E-state index in [-0.39, 0.29) is 25.0 Å². The van der Waals surface area contributed by atoms with Gasteiger partial charge in [0.25, 0.3) is 0 Å². The van der Waals surface area contributed by atoms with E-state index in [1.807, 2.05) is 75.4 Å². The maximum atomic E-state index is 13.7. The van der Waals surface area contributed by atoms with Gasteiger partial charge in [-0.2, -0.15) is 0 Å². The third kappa shape index (κ3) is 9.58. The molecule has 0 saturated carbocycles. The summed E-state index contributed by atoms with van der Waals surface area (Å²) in [4.78, 5) is 42.3. The van der Waals surface area contributed by atoms with Gasteiger partial charge < -0.3 is 40.4 Å². The topological polar surface area (TPSA) is 171 Å². The van der Waals surface area contributed by atoms with Crippen molar-refractivity contribution in [3.8, 4) is 11.3 Å². The number of carbonyl (C=O) groups excluding carboxylic acids is 3. The van der Waals surface area contributed by atoms with Crippen LogP contribution >= 0.6 is 0 Å². The minimum Gasteiger partial charge on any atom is -0.453 e. The molecule has 1 aromatic heterocycles. The van der Waals surface area contributed by atoms with Gasteiger partial charge in [0.1, 0.15) is 12.1 Å². The quantitative estimate of drug-likeness (QED) is 0.202. The molecule has 5 rings (SSSR count). The zero-order valence-electron chi connectivity index (χ0n) is 29.0. The van der Waals surface area contributed by atoms with Gasteiger partial charge in [-0.3, -0.25) is 9.78 Å². The molecule has 3 aromatic rings. The Morgan fingerprint density at radius 2 is 1.68 bits per heavy atom. The first-order chi connectivity index (χ1) is 23.9. The predicted molar refractivity (Wildman–Crippen MR) is 186 cm³/mol. The Bertz CT molecular complexity index is 1580. The van der Waals surface area contributed by atoms with E-state index in [1.54, 1.807) is 6.20 Å². The van der Waals surface area contributed by atoms with Crippen molar-refractivity contribution in [1.82, 2.24) is 15.6 Å². The van der Waals surface area contributed by atoms with Gasteiger partial charge >= 0.3 is 12.2 Å². The predicted octanol–water partition coefficient (Wildman–Crippen LogP) is 4.48. The molecule has 0 bridgehead atoms. The average molecular weight is 689 g/mol. The van der Waals surface area contributed by atoms with Gasteiger partial charge in [-0.25, -0.2) is 9.59 Å². The van der Waals surface area contributed by atoms with Crippen molar-refractivity contribution in [2.75, 3.05) is 20.3 Å². The number of aliphatic hydroxyl groups excluding tert-OH is 1. The van der Waals surface area contributed by atoms with Crippen LogP contribution in [-0.2, 0) is 36.6 Å². The molecule has 5 N–H and O–H groups in total. The number of primary amides is 1. The number of hydrogen-bond acceptors (Lipinski definition) is 9. The zero-order chi connectivity index (χ0) is 35.8. The van der Waals surface area contributed by atoms with Crippen LogP contribution in [0.4, 0.5) is 9.59 Å². The number of ether oxygens (including phenoxy) is 4. The standard InChI is InChI=1S/C38H48N4O8/c1-38(2,3)33(42-37(46)47-4)34(44)41-31(20-24-10-14-26(15-11-24)30-7-5-6-17-40-30)32(43)21-27(50-36(39)45)19-23-8-12-25(13-9-23)29-22-49-35-28(29)16-18-48-35/h5-15,17,27-29,31-33,35,43H,16,18-22H2,1-4H3,(H2,39,45)(H,41,44)(H,42,46)/t27-,28-,29+,31-,32-,33+,35-/m0/s1. The van der Waals surface area contributed by atoms with Gasteiger partial charge in [-0.1, -0.05) is 75.4 Å². The summed E-state index contributed by atoms with van der Waals surface area (Å²) in [7, 11) is 1.23. The van der Waals surface area contributed by atoms with Crippen LogP contribution in [0, 0.1) is 11.3 Å². The van der Waals surface area contributed by atoms with Gasteiger partial charge in [0, 0.05) is 36.4 Å². The number of methoxy groups -OCH3 is 1. The van der Waals surface area contributed by atoms with Crippen molar-refractivity contribution in [3.05, 3.63) is 89.6 Å². The molecule has 0 aliphatic carbocycles. The van der Waals surface area contributed by atoms with Crippen LogP contribution in [0.5, 0.6) is 0 Å². The monoisotopic (exact) mass is 688 g/mol. The van der Waals surface area contributed by atoms with E-state index in [2.05, 4.69) is 27.8 Å². The molecule has 2 aliphatic heterocycles. The number of rotatable bonds is 13. The molecular weight excluding hydrogens is 640 g/mol. The summed E-state index contributed by atoms with van der Waals surface area (Å²) in [6, 6.07) is 19.7. The number of pyridine rings is 1. The normalized spacial score (nSPS) is 20.9. The number of nitrogens with one attached hydrogen (secondary N) is 2. The Balaban J connectivity index is 1.33. The fourth-order valence-corrected chi connectivity index (χ4v) is 6.74. The largest absolute Gasteiger partial charge is 0.453 e. The number of hydrogen-bond donors (Lipinski definition) is 4. The average Bonchev–Trinajstić information content (AvgIpc) is 3.72. The van der Waals surface area contributed by atoms with E-state index in [4.69, 9.17) is 24.7 Å². The smallest absolute Gasteiger partial charge is 0.407 e. The summed E-state index contributed by atoms with van der Waals surface area (Å²) in [5, 5.41) is 17.3. The summed E-state index contributed by atoms with van der Waals surface area (Å²) in [5.74, 6) is 0.0934. The maximum absolute atomic E-state index is 13.7. The number of aliphatic hydroxyl groups is 1. The Labute approximate surface area is 293 Å². The molecule has 0 spiro atoms. The van der Waals surface area contributed by atoms with Gasteiger partial charge in [-0.15, -0.1) is 0 Å². The molecule has 2 aromatic carbocycles. The number of benzene rings is 2. The third-order valence-electron chi connectivity index (χ3n) is 9.44. The molecule has 2 aliphatic rings. The van der Waals surface area contributed by atoms with Crippen LogP contribution in [0.2, 0.25) is 0 Å². The third-order valence-corrected chi connectivity index (χ3v) is 9.44. The van der Waals surface area contributed by atoms with Crippen LogP contribution in [0.25, 0.3) is 11.3 Å². The number of amides is 3. The first-order valence-electron chi connectivity index (χ1n) is 17.0. The minimum absolute atomic E-state index is 0.0101. The lowest BCUT2D eigenvalue weighted by molar-refractivity contribution is -0.127. The van der Waals surface area contributed by atoms with E-state index in [1.165, 1.54) is 7.11 Å². The maximum Gasteiger partial charge on any atom is 0.407 e.